The normalized spacial score (nSPS) is 26.2. The van der Waals surface area contributed by atoms with Crippen LogP contribution in [0.25, 0.3) is 0 Å². The van der Waals surface area contributed by atoms with Gasteiger partial charge in [-0.1, -0.05) is 11.1 Å². The van der Waals surface area contributed by atoms with E-state index in [1.165, 1.54) is 16.0 Å². The van der Waals surface area contributed by atoms with E-state index >= 15 is 0 Å². The number of fused-ring (bicyclic) bond motifs is 1. The third-order valence-corrected chi connectivity index (χ3v) is 5.15. The summed E-state index contributed by atoms with van der Waals surface area (Å²) in [7, 11) is 0. The van der Waals surface area contributed by atoms with Crippen LogP contribution in [0.1, 0.15) is 26.7 Å². The van der Waals surface area contributed by atoms with Gasteiger partial charge in [0.1, 0.15) is 0 Å². The molecule has 3 rings (SSSR count). The van der Waals surface area contributed by atoms with Gasteiger partial charge in [0, 0.05) is 3.57 Å². The Bertz CT molecular complexity index is 586. The number of carbonyl (C=O) groups excluding carboxylic acids is 2. The lowest BCUT2D eigenvalue weighted by Crippen LogP contribution is -2.30. The van der Waals surface area contributed by atoms with E-state index in [1.54, 1.807) is 0 Å². The molecule has 3 nitrogen and oxygen atoms in total. The Kier molecular flexibility index (Phi) is 3.44. The van der Waals surface area contributed by atoms with Gasteiger partial charge in [0.25, 0.3) is 0 Å². The van der Waals surface area contributed by atoms with E-state index in [9.17, 15) is 9.59 Å². The Morgan fingerprint density at radius 2 is 1.40 bits per heavy atom. The largest absolute Gasteiger partial charge is 0.274 e. The van der Waals surface area contributed by atoms with Gasteiger partial charge in [-0.05, 0) is 73.5 Å². The van der Waals surface area contributed by atoms with Crippen LogP contribution >= 0.6 is 22.6 Å². The van der Waals surface area contributed by atoms with Gasteiger partial charge in [0.05, 0.1) is 17.5 Å². The lowest BCUT2D eigenvalue weighted by Gasteiger charge is -2.23. The average Bonchev–Trinajstić information content (AvgIpc) is 2.65. The summed E-state index contributed by atoms with van der Waals surface area (Å²) >= 11 is 2.21. The smallest absolute Gasteiger partial charge is 0.238 e. The highest BCUT2D eigenvalue weighted by atomic mass is 127. The first-order valence-electron chi connectivity index (χ1n) is 6.77. The summed E-state index contributed by atoms with van der Waals surface area (Å²) in [6.45, 7) is 4.13. The zero-order valence-corrected chi connectivity index (χ0v) is 13.7. The number of anilines is 1. The van der Waals surface area contributed by atoms with E-state index in [2.05, 4.69) is 36.4 Å². The van der Waals surface area contributed by atoms with Crippen LogP contribution in [0.2, 0.25) is 0 Å². The van der Waals surface area contributed by atoms with Crippen LogP contribution in [-0.4, -0.2) is 11.8 Å². The standard InChI is InChI=1S/C16H16INO2/c1-9-7-13-14(8-10(9)2)16(20)18(15(13)19)12-5-3-11(17)4-6-12/h3-6,13-14H,7-8H2,1-2H3/t13-,14-/m1/s1. The molecule has 0 spiro atoms. The van der Waals surface area contributed by atoms with Gasteiger partial charge < -0.3 is 0 Å². The summed E-state index contributed by atoms with van der Waals surface area (Å²) in [5.41, 5.74) is 3.22. The van der Waals surface area contributed by atoms with Crippen molar-refractivity contribution in [2.45, 2.75) is 26.7 Å². The van der Waals surface area contributed by atoms with Crippen LogP contribution in [0.15, 0.2) is 35.4 Å². The molecule has 0 radical (unpaired) electrons. The molecule has 1 aromatic rings. The number of benzene rings is 1. The maximum absolute atomic E-state index is 12.6. The van der Waals surface area contributed by atoms with Crippen molar-refractivity contribution in [2.24, 2.45) is 11.8 Å². The lowest BCUT2D eigenvalue weighted by molar-refractivity contribution is -0.122. The second-order valence-electron chi connectivity index (χ2n) is 5.67. The third kappa shape index (κ3) is 2.10. The summed E-state index contributed by atoms with van der Waals surface area (Å²) in [4.78, 5) is 26.5. The number of carbonyl (C=O) groups is 2. The molecule has 1 aliphatic heterocycles. The minimum Gasteiger partial charge on any atom is -0.274 e. The van der Waals surface area contributed by atoms with Crippen LogP contribution in [0, 0.1) is 15.4 Å². The van der Waals surface area contributed by atoms with Gasteiger partial charge in [-0.15, -0.1) is 0 Å². The molecule has 1 aliphatic carbocycles. The quantitative estimate of drug-likeness (QED) is 0.424. The number of rotatable bonds is 1. The summed E-state index contributed by atoms with van der Waals surface area (Å²) in [5.74, 6) is -0.392. The molecular weight excluding hydrogens is 365 g/mol. The number of hydrogen-bond acceptors (Lipinski definition) is 2. The Morgan fingerprint density at radius 3 is 1.85 bits per heavy atom. The minimum absolute atomic E-state index is 0.0342. The number of imide groups is 1. The summed E-state index contributed by atoms with van der Waals surface area (Å²) in [6.07, 6.45) is 1.45. The van der Waals surface area contributed by atoms with Gasteiger partial charge >= 0.3 is 0 Å². The van der Waals surface area contributed by atoms with E-state index < -0.39 is 0 Å². The fourth-order valence-corrected chi connectivity index (χ4v) is 3.46. The van der Waals surface area contributed by atoms with Crippen LogP contribution in [0.5, 0.6) is 0 Å². The predicted octanol–water partition coefficient (Wildman–Crippen LogP) is 3.53. The first-order chi connectivity index (χ1) is 9.49. The number of halogens is 1. The Morgan fingerprint density at radius 1 is 0.950 bits per heavy atom. The first-order valence-corrected chi connectivity index (χ1v) is 7.85. The molecule has 1 saturated heterocycles. The second kappa shape index (κ2) is 4.98. The molecule has 2 aliphatic rings. The monoisotopic (exact) mass is 381 g/mol. The number of hydrogen-bond donors (Lipinski definition) is 0. The molecule has 0 bridgehead atoms. The highest BCUT2D eigenvalue weighted by molar-refractivity contribution is 14.1. The molecule has 20 heavy (non-hydrogen) atoms. The molecule has 1 aromatic carbocycles. The van der Waals surface area contributed by atoms with Gasteiger partial charge in [-0.25, -0.2) is 0 Å². The third-order valence-electron chi connectivity index (χ3n) is 4.43. The summed E-state index contributed by atoms with van der Waals surface area (Å²) in [6, 6.07) is 7.55. The van der Waals surface area contributed by atoms with Crippen molar-refractivity contribution in [3.63, 3.8) is 0 Å². The predicted molar refractivity (Wildman–Crippen MR) is 86.2 cm³/mol. The van der Waals surface area contributed by atoms with Gasteiger partial charge in [-0.3, -0.25) is 14.5 Å². The first kappa shape index (κ1) is 13.8. The van der Waals surface area contributed by atoms with Crippen molar-refractivity contribution in [2.75, 3.05) is 4.90 Å². The molecule has 1 heterocycles. The van der Waals surface area contributed by atoms with Crippen molar-refractivity contribution in [1.29, 1.82) is 0 Å². The molecule has 0 N–H and O–H groups in total. The fourth-order valence-electron chi connectivity index (χ4n) is 3.10. The molecule has 2 atom stereocenters. The van der Waals surface area contributed by atoms with Crippen molar-refractivity contribution in [3.8, 4) is 0 Å². The van der Waals surface area contributed by atoms with Crippen molar-refractivity contribution < 1.29 is 9.59 Å². The van der Waals surface area contributed by atoms with Gasteiger partial charge in [0.2, 0.25) is 11.8 Å². The summed E-state index contributed by atoms with van der Waals surface area (Å²) in [5, 5.41) is 0. The maximum Gasteiger partial charge on any atom is 0.238 e. The fraction of sp³-hybridized carbons (Fsp3) is 0.375. The van der Waals surface area contributed by atoms with Crippen LogP contribution in [0.4, 0.5) is 5.69 Å². The SMILES string of the molecule is CC1=C(C)C[C@H]2C(=O)N(c3ccc(I)cc3)C(=O)[C@@H]2C1. The van der Waals surface area contributed by atoms with E-state index in [1.807, 2.05) is 24.3 Å². The van der Waals surface area contributed by atoms with Crippen LogP contribution in [-0.2, 0) is 9.59 Å². The number of allylic oxidation sites excluding steroid dienone is 2. The highest BCUT2D eigenvalue weighted by Gasteiger charge is 2.49. The molecule has 0 saturated carbocycles. The van der Waals surface area contributed by atoms with E-state index in [0.717, 1.165) is 16.4 Å². The Labute approximate surface area is 132 Å². The zero-order valence-electron chi connectivity index (χ0n) is 11.5. The molecule has 0 unspecified atom stereocenters. The van der Waals surface area contributed by atoms with Crippen molar-refractivity contribution >= 4 is 40.1 Å². The topological polar surface area (TPSA) is 37.4 Å². The van der Waals surface area contributed by atoms with Gasteiger partial charge in [0.15, 0.2) is 0 Å². The Hall–Kier alpha value is -1.17. The van der Waals surface area contributed by atoms with E-state index in [-0.39, 0.29) is 23.7 Å². The van der Waals surface area contributed by atoms with Crippen molar-refractivity contribution in [3.05, 3.63) is 39.0 Å². The second-order valence-corrected chi connectivity index (χ2v) is 6.92. The molecular formula is C16H16INO2. The lowest BCUT2D eigenvalue weighted by atomic mass is 9.78. The average molecular weight is 381 g/mol. The molecule has 1 fully saturated rings. The molecule has 2 amide bonds. The highest BCUT2D eigenvalue weighted by Crippen LogP contribution is 2.42. The minimum atomic E-state index is -0.162. The van der Waals surface area contributed by atoms with Crippen LogP contribution in [0.3, 0.4) is 0 Å². The Balaban J connectivity index is 1.95. The van der Waals surface area contributed by atoms with Gasteiger partial charge in [-0.2, -0.15) is 0 Å². The molecule has 0 aromatic heterocycles. The number of nitrogens with zero attached hydrogens (tertiary/aromatic N) is 1. The van der Waals surface area contributed by atoms with E-state index in [4.69, 9.17) is 0 Å². The van der Waals surface area contributed by atoms with Crippen LogP contribution < -0.4 is 4.90 Å². The maximum atomic E-state index is 12.6. The summed E-state index contributed by atoms with van der Waals surface area (Å²) < 4.78 is 1.09. The van der Waals surface area contributed by atoms with Crippen molar-refractivity contribution in [1.82, 2.24) is 0 Å². The van der Waals surface area contributed by atoms with E-state index in [0.29, 0.717) is 5.69 Å². The zero-order chi connectivity index (χ0) is 14.4. The molecule has 104 valence electrons. The number of amides is 2. The molecule has 4 heteroatoms.